The van der Waals surface area contributed by atoms with Gasteiger partial charge in [0.25, 0.3) is 5.91 Å². The second-order valence-electron chi connectivity index (χ2n) is 6.15. The number of aliphatic carboxylic acids is 1. The van der Waals surface area contributed by atoms with E-state index in [1.807, 2.05) is 48.5 Å². The predicted molar refractivity (Wildman–Crippen MR) is 120 cm³/mol. The number of carboxylic acid groups (broad SMARTS) is 1. The Bertz CT molecular complexity index is 1220. The van der Waals surface area contributed by atoms with E-state index in [1.165, 1.54) is 28.7 Å². The van der Waals surface area contributed by atoms with E-state index < -0.39 is 11.9 Å². The summed E-state index contributed by atoms with van der Waals surface area (Å²) in [5.41, 5.74) is 0.699. The molecule has 0 saturated carbocycles. The summed E-state index contributed by atoms with van der Waals surface area (Å²) in [5, 5.41) is 13.6. The van der Waals surface area contributed by atoms with Crippen LogP contribution in [0.1, 0.15) is 14.5 Å². The number of carbonyl (C=O) groups is 2. The molecule has 1 amide bonds. The van der Waals surface area contributed by atoms with Crippen LogP contribution in [0.4, 0.5) is 0 Å². The summed E-state index contributed by atoms with van der Waals surface area (Å²) in [6.45, 7) is 0. The van der Waals surface area contributed by atoms with Gasteiger partial charge in [-0.3, -0.25) is 4.79 Å². The van der Waals surface area contributed by atoms with Gasteiger partial charge in [-0.25, -0.2) is 4.79 Å². The highest BCUT2D eigenvalue weighted by atomic mass is 35.5. The number of rotatable bonds is 5. The zero-order chi connectivity index (χ0) is 20.4. The van der Waals surface area contributed by atoms with Crippen molar-refractivity contribution >= 4 is 62.3 Å². The topological polar surface area (TPSA) is 66.4 Å². The molecule has 2 N–H and O–H groups in total. The first-order chi connectivity index (χ1) is 14.0. The van der Waals surface area contributed by atoms with E-state index in [9.17, 15) is 14.7 Å². The highest BCUT2D eigenvalue weighted by Gasteiger charge is 2.16. The fourth-order valence-electron chi connectivity index (χ4n) is 2.81. The molecule has 7 heteroatoms. The number of benzene rings is 2. The van der Waals surface area contributed by atoms with Gasteiger partial charge in [0.2, 0.25) is 0 Å². The lowest BCUT2D eigenvalue weighted by molar-refractivity contribution is -0.132. The van der Waals surface area contributed by atoms with Crippen LogP contribution < -0.4 is 5.32 Å². The second kappa shape index (κ2) is 8.21. The van der Waals surface area contributed by atoms with Crippen LogP contribution in [0.25, 0.3) is 26.6 Å². The number of hydrogen-bond acceptors (Lipinski definition) is 4. The Morgan fingerprint density at radius 2 is 1.72 bits per heavy atom. The summed E-state index contributed by atoms with van der Waals surface area (Å²) in [5.74, 6) is -1.64. The molecule has 0 spiro atoms. The van der Waals surface area contributed by atoms with Gasteiger partial charge < -0.3 is 10.4 Å². The molecule has 0 saturated heterocycles. The maximum absolute atomic E-state index is 12.6. The first-order valence-electron chi connectivity index (χ1n) is 8.61. The van der Waals surface area contributed by atoms with Crippen LogP contribution in [-0.4, -0.2) is 17.0 Å². The van der Waals surface area contributed by atoms with Gasteiger partial charge in [0.05, 0.1) is 4.88 Å². The number of hydrogen-bond donors (Lipinski definition) is 2. The molecule has 0 radical (unpaired) electrons. The van der Waals surface area contributed by atoms with Gasteiger partial charge >= 0.3 is 5.97 Å². The van der Waals surface area contributed by atoms with Crippen molar-refractivity contribution in [3.8, 4) is 10.4 Å². The summed E-state index contributed by atoms with van der Waals surface area (Å²) in [6.07, 6.45) is 1.46. The largest absolute Gasteiger partial charge is 0.477 e. The fraction of sp³-hybridized carbons (Fsp3) is 0. The van der Waals surface area contributed by atoms with Crippen molar-refractivity contribution in [2.75, 3.05) is 0 Å². The summed E-state index contributed by atoms with van der Waals surface area (Å²) >= 11 is 8.96. The van der Waals surface area contributed by atoms with Crippen molar-refractivity contribution < 1.29 is 14.7 Å². The Morgan fingerprint density at radius 3 is 2.48 bits per heavy atom. The molecular formula is C22H14ClNO3S2. The number of nitrogens with one attached hydrogen (secondary N) is 1. The van der Waals surface area contributed by atoms with E-state index in [1.54, 1.807) is 18.2 Å². The third-order valence-corrected chi connectivity index (χ3v) is 6.69. The van der Waals surface area contributed by atoms with Gasteiger partial charge in [-0.05, 0) is 41.8 Å². The van der Waals surface area contributed by atoms with Gasteiger partial charge in [-0.2, -0.15) is 0 Å². The number of fused-ring (bicyclic) bond motifs is 1. The van der Waals surface area contributed by atoms with Crippen molar-refractivity contribution in [3.63, 3.8) is 0 Å². The summed E-state index contributed by atoms with van der Waals surface area (Å²) in [6, 6.07) is 20.5. The van der Waals surface area contributed by atoms with Gasteiger partial charge in [0.1, 0.15) is 5.70 Å². The van der Waals surface area contributed by atoms with Gasteiger partial charge in [-0.1, -0.05) is 48.0 Å². The smallest absolute Gasteiger partial charge is 0.352 e. The van der Waals surface area contributed by atoms with Crippen molar-refractivity contribution in [3.05, 3.63) is 87.2 Å². The van der Waals surface area contributed by atoms with Crippen molar-refractivity contribution in [1.29, 1.82) is 0 Å². The SMILES string of the molecule is O=C(O)C(=Cc1ccc(-c2ccccc2Cl)s1)NC(=O)c1cc2ccccc2s1. The van der Waals surface area contributed by atoms with E-state index in [0.717, 1.165) is 20.5 Å². The van der Waals surface area contributed by atoms with Crippen LogP contribution in [-0.2, 0) is 4.79 Å². The zero-order valence-electron chi connectivity index (χ0n) is 14.9. The predicted octanol–water partition coefficient (Wildman–Crippen LogP) is 6.14. The minimum atomic E-state index is -1.20. The molecule has 0 aliphatic rings. The highest BCUT2D eigenvalue weighted by molar-refractivity contribution is 7.20. The average Bonchev–Trinajstić information content (AvgIpc) is 3.34. The van der Waals surface area contributed by atoms with Gasteiger partial charge in [0.15, 0.2) is 0 Å². The molecule has 4 nitrogen and oxygen atoms in total. The first kappa shape index (κ1) is 19.4. The van der Waals surface area contributed by atoms with Crippen LogP contribution >= 0.6 is 34.3 Å². The molecule has 0 aliphatic heterocycles. The van der Waals surface area contributed by atoms with Gasteiger partial charge in [-0.15, -0.1) is 22.7 Å². The fourth-order valence-corrected chi connectivity index (χ4v) is 5.05. The summed E-state index contributed by atoms with van der Waals surface area (Å²) in [7, 11) is 0. The maximum atomic E-state index is 12.6. The molecule has 0 bridgehead atoms. The Balaban J connectivity index is 1.59. The molecule has 0 fully saturated rings. The molecule has 0 aliphatic carbocycles. The molecule has 4 rings (SSSR count). The lowest BCUT2D eigenvalue weighted by atomic mass is 10.2. The number of carbonyl (C=O) groups excluding carboxylic acids is 1. The zero-order valence-corrected chi connectivity index (χ0v) is 17.3. The van der Waals surface area contributed by atoms with Crippen LogP contribution in [0.2, 0.25) is 5.02 Å². The van der Waals surface area contributed by atoms with Crippen LogP contribution in [0.5, 0.6) is 0 Å². The lowest BCUT2D eigenvalue weighted by Gasteiger charge is -2.04. The molecule has 2 aromatic heterocycles. The Labute approximate surface area is 179 Å². The van der Waals surface area contributed by atoms with E-state index in [0.29, 0.717) is 14.8 Å². The second-order valence-corrected chi connectivity index (χ2v) is 8.75. The number of halogens is 1. The summed E-state index contributed by atoms with van der Waals surface area (Å²) < 4.78 is 0.973. The normalized spacial score (nSPS) is 11.6. The monoisotopic (exact) mass is 439 g/mol. The number of carboxylic acids is 1. The molecule has 144 valence electrons. The Hall–Kier alpha value is -2.93. The third kappa shape index (κ3) is 4.24. The average molecular weight is 440 g/mol. The standard InChI is InChI=1S/C22H14ClNO3S2/c23-16-7-3-2-6-15(16)19-10-9-14(28-19)12-17(22(26)27)24-21(25)20-11-13-5-1-4-8-18(13)29-20/h1-12H,(H,24,25)(H,26,27). The number of amides is 1. The van der Waals surface area contributed by atoms with Crippen LogP contribution in [0.3, 0.4) is 0 Å². The Morgan fingerprint density at radius 1 is 0.966 bits per heavy atom. The summed E-state index contributed by atoms with van der Waals surface area (Å²) in [4.78, 5) is 26.3. The lowest BCUT2D eigenvalue weighted by Crippen LogP contribution is -2.26. The van der Waals surface area contributed by atoms with Crippen molar-refractivity contribution in [2.45, 2.75) is 0 Å². The highest BCUT2D eigenvalue weighted by Crippen LogP contribution is 2.34. The molecule has 2 aromatic carbocycles. The van der Waals surface area contributed by atoms with Crippen LogP contribution in [0.15, 0.2) is 72.4 Å². The van der Waals surface area contributed by atoms with Crippen molar-refractivity contribution in [1.82, 2.24) is 5.32 Å². The molecule has 0 unspecified atom stereocenters. The van der Waals surface area contributed by atoms with Crippen LogP contribution in [0, 0.1) is 0 Å². The van der Waals surface area contributed by atoms with Crippen molar-refractivity contribution in [2.24, 2.45) is 0 Å². The van der Waals surface area contributed by atoms with E-state index >= 15 is 0 Å². The minimum absolute atomic E-state index is 0.181. The molecule has 2 heterocycles. The van der Waals surface area contributed by atoms with E-state index in [2.05, 4.69) is 5.32 Å². The quantitative estimate of drug-likeness (QED) is 0.367. The third-order valence-electron chi connectivity index (χ3n) is 4.18. The maximum Gasteiger partial charge on any atom is 0.352 e. The van der Waals surface area contributed by atoms with E-state index in [4.69, 9.17) is 11.6 Å². The molecule has 0 atom stereocenters. The first-order valence-corrected chi connectivity index (χ1v) is 10.6. The van der Waals surface area contributed by atoms with E-state index in [-0.39, 0.29) is 5.70 Å². The minimum Gasteiger partial charge on any atom is -0.477 e. The molecule has 29 heavy (non-hydrogen) atoms. The molecular weight excluding hydrogens is 426 g/mol. The number of thiophene rings is 2. The molecule has 4 aromatic rings. The Kier molecular flexibility index (Phi) is 5.49. The van der Waals surface area contributed by atoms with Gasteiger partial charge in [0, 0.05) is 25.0 Å².